The number of aliphatic imine (C=N–C) groups is 1. The van der Waals surface area contributed by atoms with Gasteiger partial charge in [-0.15, -0.1) is 0 Å². The molecule has 1 fully saturated rings. The number of anilines is 1. The zero-order chi connectivity index (χ0) is 17.7. The molecular weight excluding hydrogens is 316 g/mol. The molecule has 0 atom stereocenters. The van der Waals surface area contributed by atoms with E-state index in [2.05, 4.69) is 59.9 Å². The molecule has 2 aliphatic rings. The zero-order valence-corrected chi connectivity index (χ0v) is 15.7. The van der Waals surface area contributed by atoms with Gasteiger partial charge in [-0.2, -0.15) is 0 Å². The zero-order valence-electron chi connectivity index (χ0n) is 15.7. The first kappa shape index (κ1) is 17.3. The van der Waals surface area contributed by atoms with Crippen molar-refractivity contribution < 1.29 is 0 Å². The van der Waals surface area contributed by atoms with Crippen molar-refractivity contribution in [2.24, 2.45) is 10.4 Å². The van der Waals surface area contributed by atoms with Crippen molar-refractivity contribution in [3.63, 3.8) is 0 Å². The van der Waals surface area contributed by atoms with E-state index in [4.69, 9.17) is 4.99 Å². The molecule has 0 radical (unpaired) electrons. The smallest absolute Gasteiger partial charge is 0.107 e. The minimum Gasteiger partial charge on any atom is -0.343 e. The van der Waals surface area contributed by atoms with E-state index in [0.717, 1.165) is 19.4 Å². The highest BCUT2D eigenvalue weighted by Gasteiger charge is 2.40. The lowest BCUT2D eigenvalue weighted by atomic mass is 9.67. The van der Waals surface area contributed by atoms with Crippen molar-refractivity contribution in [1.82, 2.24) is 0 Å². The van der Waals surface area contributed by atoms with Crippen LogP contribution in [0.15, 0.2) is 59.6 Å². The highest BCUT2D eigenvalue weighted by atomic mass is 15.0. The van der Waals surface area contributed by atoms with Crippen molar-refractivity contribution >= 4 is 11.5 Å². The maximum Gasteiger partial charge on any atom is 0.107 e. The minimum atomic E-state index is 0.270. The molecule has 0 bridgehead atoms. The summed E-state index contributed by atoms with van der Waals surface area (Å²) in [5.41, 5.74) is 4.45. The van der Waals surface area contributed by atoms with Gasteiger partial charge in [0.2, 0.25) is 0 Å². The highest BCUT2D eigenvalue weighted by Crippen LogP contribution is 2.44. The summed E-state index contributed by atoms with van der Waals surface area (Å²) in [6.45, 7) is 0.944. The second-order valence-electron chi connectivity index (χ2n) is 7.97. The number of aryl methyl sites for hydroxylation is 1. The molecule has 136 valence electrons. The highest BCUT2D eigenvalue weighted by molar-refractivity contribution is 6.02. The lowest BCUT2D eigenvalue weighted by Gasteiger charge is -2.42. The Morgan fingerprint density at radius 2 is 1.62 bits per heavy atom. The van der Waals surface area contributed by atoms with Gasteiger partial charge in [-0.3, -0.25) is 4.99 Å². The number of nitrogens with one attached hydrogen (secondary N) is 1. The normalized spacial score (nSPS) is 19.9. The molecule has 2 aromatic carbocycles. The van der Waals surface area contributed by atoms with Crippen molar-refractivity contribution in [3.8, 4) is 0 Å². The van der Waals surface area contributed by atoms with Gasteiger partial charge < -0.3 is 5.32 Å². The van der Waals surface area contributed by atoms with E-state index in [9.17, 15) is 0 Å². The molecule has 1 aliphatic heterocycles. The molecule has 2 nitrogen and oxygen atoms in total. The van der Waals surface area contributed by atoms with Crippen LogP contribution in [0.5, 0.6) is 0 Å². The summed E-state index contributed by atoms with van der Waals surface area (Å²) in [6, 6.07) is 19.6. The van der Waals surface area contributed by atoms with Crippen LogP contribution < -0.4 is 5.32 Å². The third kappa shape index (κ3) is 3.85. The van der Waals surface area contributed by atoms with Crippen LogP contribution in [0.2, 0.25) is 0 Å². The van der Waals surface area contributed by atoms with Crippen molar-refractivity contribution in [3.05, 3.63) is 65.7 Å². The molecule has 0 aromatic heterocycles. The Bertz CT molecular complexity index is 742. The number of hydrogen-bond acceptors (Lipinski definition) is 1. The van der Waals surface area contributed by atoms with Crippen LogP contribution >= 0.6 is 0 Å². The van der Waals surface area contributed by atoms with Gasteiger partial charge in [-0.1, -0.05) is 67.8 Å². The van der Waals surface area contributed by atoms with Crippen molar-refractivity contribution in [1.29, 1.82) is 0 Å². The first-order valence-electron chi connectivity index (χ1n) is 10.3. The molecule has 2 heteroatoms. The number of nitrogens with zero attached hydrogens (tertiary/aromatic N) is 1. The van der Waals surface area contributed by atoms with Crippen LogP contribution in [0.25, 0.3) is 0 Å². The van der Waals surface area contributed by atoms with Crippen LogP contribution in [0.4, 0.5) is 5.69 Å². The first-order valence-corrected chi connectivity index (χ1v) is 10.3. The Labute approximate surface area is 157 Å². The van der Waals surface area contributed by atoms with Gasteiger partial charge in [0.15, 0.2) is 0 Å². The van der Waals surface area contributed by atoms with E-state index in [1.807, 2.05) is 0 Å². The van der Waals surface area contributed by atoms with Gasteiger partial charge in [0.05, 0.1) is 0 Å². The van der Waals surface area contributed by atoms with E-state index in [0.29, 0.717) is 0 Å². The molecule has 1 saturated carbocycles. The third-order valence-electron chi connectivity index (χ3n) is 6.10. The van der Waals surface area contributed by atoms with Crippen LogP contribution in [-0.4, -0.2) is 12.4 Å². The summed E-state index contributed by atoms with van der Waals surface area (Å²) >= 11 is 0. The summed E-state index contributed by atoms with van der Waals surface area (Å²) in [5, 5.41) is 3.72. The molecule has 0 unspecified atom stereocenters. The largest absolute Gasteiger partial charge is 0.343 e. The quantitative estimate of drug-likeness (QED) is 0.657. The molecule has 2 aromatic rings. The number of para-hydroxylation sites is 1. The van der Waals surface area contributed by atoms with Gasteiger partial charge >= 0.3 is 0 Å². The van der Waals surface area contributed by atoms with E-state index in [-0.39, 0.29) is 5.41 Å². The first-order chi connectivity index (χ1) is 12.9. The monoisotopic (exact) mass is 346 g/mol. The lowest BCUT2D eigenvalue weighted by Crippen LogP contribution is -2.43. The van der Waals surface area contributed by atoms with Crippen LogP contribution in [0, 0.1) is 5.41 Å². The van der Waals surface area contributed by atoms with Gasteiger partial charge in [0.1, 0.15) is 5.84 Å². The Kier molecular flexibility index (Phi) is 5.38. The standard InChI is InChI=1S/C24H30N2/c1-3-11-20(12-4-1)13-7-10-18-25-23-24(16-8-2-9-17-24)19-21-14-5-6-15-22(21)26-23/h1,3-6,11-12,14-15H,2,7-10,13,16-19H2,(H,25,26). The van der Waals surface area contributed by atoms with E-state index < -0.39 is 0 Å². The molecular formula is C24H30N2. The van der Waals surface area contributed by atoms with E-state index in [1.54, 1.807) is 0 Å². The fraction of sp³-hybridized carbons (Fsp3) is 0.458. The van der Waals surface area contributed by atoms with Crippen molar-refractivity contribution in [2.75, 3.05) is 11.9 Å². The number of hydrogen-bond donors (Lipinski definition) is 1. The second kappa shape index (κ2) is 8.07. The molecule has 1 spiro atoms. The minimum absolute atomic E-state index is 0.270. The maximum absolute atomic E-state index is 5.10. The van der Waals surface area contributed by atoms with Gasteiger partial charge in [0, 0.05) is 17.6 Å². The van der Waals surface area contributed by atoms with Crippen LogP contribution in [0.1, 0.15) is 56.1 Å². The molecule has 1 N–H and O–H groups in total. The Hall–Kier alpha value is -2.09. The van der Waals surface area contributed by atoms with Crippen LogP contribution in [0.3, 0.4) is 0 Å². The molecule has 26 heavy (non-hydrogen) atoms. The number of amidine groups is 1. The van der Waals surface area contributed by atoms with E-state index >= 15 is 0 Å². The average Bonchev–Trinajstić information content (AvgIpc) is 2.69. The molecule has 0 saturated heterocycles. The summed E-state index contributed by atoms with van der Waals surface area (Å²) in [5.74, 6) is 1.27. The molecule has 1 heterocycles. The summed E-state index contributed by atoms with van der Waals surface area (Å²) in [6.07, 6.45) is 11.4. The van der Waals surface area contributed by atoms with Gasteiger partial charge in [-0.25, -0.2) is 0 Å². The molecule has 0 amide bonds. The topological polar surface area (TPSA) is 24.4 Å². The van der Waals surface area contributed by atoms with Crippen LogP contribution in [-0.2, 0) is 12.8 Å². The second-order valence-corrected chi connectivity index (χ2v) is 7.97. The van der Waals surface area contributed by atoms with Crippen molar-refractivity contribution in [2.45, 2.75) is 57.8 Å². The fourth-order valence-corrected chi connectivity index (χ4v) is 4.63. The van der Waals surface area contributed by atoms with E-state index in [1.165, 1.54) is 67.6 Å². The lowest BCUT2D eigenvalue weighted by molar-refractivity contribution is 0.278. The maximum atomic E-state index is 5.10. The fourth-order valence-electron chi connectivity index (χ4n) is 4.63. The number of benzene rings is 2. The molecule has 4 rings (SSSR count). The number of rotatable bonds is 5. The number of fused-ring (bicyclic) bond motifs is 1. The Morgan fingerprint density at radius 1 is 0.846 bits per heavy atom. The summed E-state index contributed by atoms with van der Waals surface area (Å²) in [7, 11) is 0. The summed E-state index contributed by atoms with van der Waals surface area (Å²) in [4.78, 5) is 5.10. The Morgan fingerprint density at radius 3 is 2.46 bits per heavy atom. The van der Waals surface area contributed by atoms with Gasteiger partial charge in [0.25, 0.3) is 0 Å². The Balaban J connectivity index is 1.42. The predicted molar refractivity (Wildman–Crippen MR) is 111 cm³/mol. The SMILES string of the molecule is c1ccc(CCCCN=C2Nc3ccccc3CC23CCCCC3)cc1. The van der Waals surface area contributed by atoms with Gasteiger partial charge in [-0.05, 0) is 55.7 Å². The summed E-state index contributed by atoms with van der Waals surface area (Å²) < 4.78 is 0. The molecule has 1 aliphatic carbocycles. The predicted octanol–water partition coefficient (Wildman–Crippen LogP) is 6.03. The third-order valence-corrected chi connectivity index (χ3v) is 6.10. The number of unbranched alkanes of at least 4 members (excludes halogenated alkanes) is 1. The average molecular weight is 347 g/mol.